The Hall–Kier alpha value is -2.61. The summed E-state index contributed by atoms with van der Waals surface area (Å²) in [5, 5.41) is 1.52. The summed E-state index contributed by atoms with van der Waals surface area (Å²) in [5.41, 5.74) is 2.65. The molecule has 0 unspecified atom stereocenters. The number of ether oxygens (including phenoxy) is 2. The first-order valence-corrected chi connectivity index (χ1v) is 12.9. The second-order valence-electron chi connectivity index (χ2n) is 9.12. The minimum atomic E-state index is -0.0233. The van der Waals surface area contributed by atoms with Gasteiger partial charge in [-0.2, -0.15) is 0 Å². The Balaban J connectivity index is 1.18. The molecular weight excluding hydrogens is 470 g/mol. The number of thiazole rings is 1. The third-order valence-electron chi connectivity index (χ3n) is 7.02. The summed E-state index contributed by atoms with van der Waals surface area (Å²) in [6.07, 6.45) is 4.89. The highest BCUT2D eigenvalue weighted by Crippen LogP contribution is 2.38. The van der Waals surface area contributed by atoms with Gasteiger partial charge in [-0.3, -0.25) is 9.69 Å². The lowest BCUT2D eigenvalue weighted by Gasteiger charge is -2.47. The number of amides is 1. The van der Waals surface area contributed by atoms with E-state index in [0.29, 0.717) is 28.6 Å². The van der Waals surface area contributed by atoms with Crippen molar-refractivity contribution >= 4 is 34.5 Å². The highest BCUT2D eigenvalue weighted by molar-refractivity contribution is 7.17. The summed E-state index contributed by atoms with van der Waals surface area (Å²) in [6.45, 7) is 2.53. The molecule has 8 heteroatoms. The monoisotopic (exact) mass is 495 g/mol. The molecule has 2 fully saturated rings. The van der Waals surface area contributed by atoms with Gasteiger partial charge in [-0.25, -0.2) is 4.98 Å². The van der Waals surface area contributed by atoms with E-state index >= 15 is 0 Å². The third-order valence-corrected chi connectivity index (χ3v) is 8.41. The summed E-state index contributed by atoms with van der Waals surface area (Å²) in [4.78, 5) is 23.1. The van der Waals surface area contributed by atoms with Crippen LogP contribution in [0.4, 0.5) is 5.69 Å². The molecule has 3 aliphatic rings. The minimum absolute atomic E-state index is 0.0233. The van der Waals surface area contributed by atoms with E-state index in [2.05, 4.69) is 4.90 Å². The Morgan fingerprint density at radius 3 is 2.59 bits per heavy atom. The van der Waals surface area contributed by atoms with Gasteiger partial charge < -0.3 is 14.4 Å². The van der Waals surface area contributed by atoms with Crippen molar-refractivity contribution in [2.45, 2.75) is 37.8 Å². The number of nitrogens with zero attached hydrogens (tertiary/aromatic N) is 3. The van der Waals surface area contributed by atoms with Gasteiger partial charge in [-0.1, -0.05) is 30.2 Å². The predicted octanol–water partition coefficient (Wildman–Crippen LogP) is 5.29. The number of hydrogen-bond acceptors (Lipinski definition) is 6. The fraction of sp³-hybridized carbons (Fsp3) is 0.385. The first kappa shape index (κ1) is 21.9. The Morgan fingerprint density at radius 2 is 1.88 bits per heavy atom. The Morgan fingerprint density at radius 1 is 1.09 bits per heavy atom. The van der Waals surface area contributed by atoms with E-state index in [9.17, 15) is 4.79 Å². The van der Waals surface area contributed by atoms with Crippen LogP contribution in [-0.2, 0) is 6.42 Å². The number of aromatic nitrogens is 1. The number of likely N-dealkylation sites (tertiary alicyclic amines) is 1. The van der Waals surface area contributed by atoms with Gasteiger partial charge in [0.1, 0.15) is 16.0 Å². The number of halogens is 1. The molecule has 1 amide bonds. The first-order valence-electron chi connectivity index (χ1n) is 11.8. The maximum atomic E-state index is 13.4. The van der Waals surface area contributed by atoms with E-state index in [1.807, 2.05) is 42.5 Å². The molecular formula is C26H26ClN3O3S. The Bertz CT molecular complexity index is 1220. The molecule has 3 heterocycles. The summed E-state index contributed by atoms with van der Waals surface area (Å²) in [5.74, 6) is 1.37. The quantitative estimate of drug-likeness (QED) is 0.465. The van der Waals surface area contributed by atoms with Crippen molar-refractivity contribution < 1.29 is 14.3 Å². The molecule has 0 spiro atoms. The number of fused-ring (bicyclic) bond motifs is 1. The fourth-order valence-electron chi connectivity index (χ4n) is 4.79. The molecule has 3 aromatic rings. The molecule has 1 aliphatic carbocycles. The zero-order valence-corrected chi connectivity index (χ0v) is 20.6. The van der Waals surface area contributed by atoms with E-state index in [1.165, 1.54) is 30.6 Å². The SMILES string of the molecule is COc1cc(N2CCc3nc(-c4ccc(Cl)cc4)sc3C2=O)ccc1OC1CN(C2CCC2)C1. The molecule has 1 saturated heterocycles. The molecule has 1 saturated carbocycles. The molecule has 0 radical (unpaired) electrons. The van der Waals surface area contributed by atoms with Gasteiger partial charge in [-0.05, 0) is 37.1 Å². The number of hydrogen-bond donors (Lipinski definition) is 0. The van der Waals surface area contributed by atoms with Crippen molar-refractivity contribution in [1.29, 1.82) is 0 Å². The summed E-state index contributed by atoms with van der Waals surface area (Å²) < 4.78 is 11.9. The maximum absolute atomic E-state index is 13.4. The van der Waals surface area contributed by atoms with Crippen LogP contribution < -0.4 is 14.4 Å². The third kappa shape index (κ3) is 3.96. The number of carbonyl (C=O) groups is 1. The maximum Gasteiger partial charge on any atom is 0.270 e. The lowest BCUT2D eigenvalue weighted by Crippen LogP contribution is -2.59. The molecule has 2 aromatic carbocycles. The topological polar surface area (TPSA) is 54.9 Å². The van der Waals surface area contributed by atoms with E-state index in [1.54, 1.807) is 12.0 Å². The second kappa shape index (κ2) is 8.87. The van der Waals surface area contributed by atoms with E-state index < -0.39 is 0 Å². The average molecular weight is 496 g/mol. The van der Waals surface area contributed by atoms with Gasteiger partial charge >= 0.3 is 0 Å². The van der Waals surface area contributed by atoms with Crippen LogP contribution in [0.25, 0.3) is 10.6 Å². The van der Waals surface area contributed by atoms with Crippen molar-refractivity contribution in [3.05, 3.63) is 58.1 Å². The number of anilines is 1. The van der Waals surface area contributed by atoms with Gasteiger partial charge in [0.05, 0.1) is 12.8 Å². The highest BCUT2D eigenvalue weighted by atomic mass is 35.5. The van der Waals surface area contributed by atoms with Crippen molar-refractivity contribution in [3.63, 3.8) is 0 Å². The van der Waals surface area contributed by atoms with Crippen molar-refractivity contribution in [2.75, 3.05) is 31.6 Å². The Kier molecular flexibility index (Phi) is 5.71. The zero-order valence-electron chi connectivity index (χ0n) is 19.0. The van der Waals surface area contributed by atoms with E-state index in [4.69, 9.17) is 26.1 Å². The van der Waals surface area contributed by atoms with Gasteiger partial charge in [0, 0.05) is 54.4 Å². The number of carbonyl (C=O) groups excluding carboxylic acids is 1. The van der Waals surface area contributed by atoms with Crippen LogP contribution >= 0.6 is 22.9 Å². The molecule has 0 atom stereocenters. The minimum Gasteiger partial charge on any atom is -0.493 e. The van der Waals surface area contributed by atoms with Crippen LogP contribution in [0.1, 0.15) is 34.6 Å². The van der Waals surface area contributed by atoms with Crippen LogP contribution in [0.2, 0.25) is 5.02 Å². The molecule has 176 valence electrons. The number of methoxy groups -OCH3 is 1. The molecule has 1 aromatic heterocycles. The predicted molar refractivity (Wildman–Crippen MR) is 135 cm³/mol. The van der Waals surface area contributed by atoms with E-state index in [-0.39, 0.29) is 12.0 Å². The summed E-state index contributed by atoms with van der Waals surface area (Å²) >= 11 is 7.45. The Labute approximate surface area is 208 Å². The largest absolute Gasteiger partial charge is 0.493 e. The smallest absolute Gasteiger partial charge is 0.270 e. The number of rotatable bonds is 6. The van der Waals surface area contributed by atoms with E-state index in [0.717, 1.165) is 46.8 Å². The molecule has 6 rings (SSSR count). The average Bonchev–Trinajstić information content (AvgIpc) is 3.23. The highest BCUT2D eigenvalue weighted by Gasteiger charge is 2.37. The molecule has 2 aliphatic heterocycles. The molecule has 6 nitrogen and oxygen atoms in total. The zero-order chi connectivity index (χ0) is 23.2. The van der Waals surface area contributed by atoms with Gasteiger partial charge in [0.25, 0.3) is 5.91 Å². The van der Waals surface area contributed by atoms with Crippen LogP contribution in [0.5, 0.6) is 11.5 Å². The molecule has 34 heavy (non-hydrogen) atoms. The van der Waals surface area contributed by atoms with Gasteiger partial charge in [0.2, 0.25) is 0 Å². The molecule has 0 N–H and O–H groups in total. The van der Waals surface area contributed by atoms with Crippen molar-refractivity contribution in [2.24, 2.45) is 0 Å². The molecule has 0 bridgehead atoms. The standard InChI is InChI=1S/C26H26ClN3O3S/c1-32-23-13-19(9-10-22(23)33-20-14-29(15-20)18-3-2-4-18)30-12-11-21-24(26(30)31)34-25(28-21)16-5-7-17(27)8-6-16/h5-10,13,18,20H,2-4,11-12,14-15H2,1H3. The van der Waals surface area contributed by atoms with Gasteiger partial charge in [-0.15, -0.1) is 11.3 Å². The van der Waals surface area contributed by atoms with Crippen LogP contribution in [0.15, 0.2) is 42.5 Å². The first-order chi connectivity index (χ1) is 16.6. The summed E-state index contributed by atoms with van der Waals surface area (Å²) in [6, 6.07) is 14.1. The van der Waals surface area contributed by atoms with Crippen LogP contribution in [0.3, 0.4) is 0 Å². The fourth-order valence-corrected chi connectivity index (χ4v) is 5.98. The van der Waals surface area contributed by atoms with Crippen LogP contribution in [-0.4, -0.2) is 54.7 Å². The second-order valence-corrected chi connectivity index (χ2v) is 10.6. The van der Waals surface area contributed by atoms with Crippen molar-refractivity contribution in [1.82, 2.24) is 9.88 Å². The normalized spacial score (nSPS) is 18.9. The van der Waals surface area contributed by atoms with Crippen molar-refractivity contribution in [3.8, 4) is 22.1 Å². The number of benzene rings is 2. The van der Waals surface area contributed by atoms with Gasteiger partial charge in [0.15, 0.2) is 11.5 Å². The van der Waals surface area contributed by atoms with Crippen LogP contribution in [0, 0.1) is 0 Å². The summed E-state index contributed by atoms with van der Waals surface area (Å²) in [7, 11) is 1.64. The lowest BCUT2D eigenvalue weighted by atomic mass is 9.89. The lowest BCUT2D eigenvalue weighted by molar-refractivity contribution is -0.0316.